The largest absolute Gasteiger partial charge is 0.341 e. The van der Waals surface area contributed by atoms with E-state index < -0.39 is 0 Å². The third-order valence-electron chi connectivity index (χ3n) is 3.89. The van der Waals surface area contributed by atoms with Gasteiger partial charge in [-0.3, -0.25) is 0 Å². The minimum atomic E-state index is 0.544. The fourth-order valence-electron chi connectivity index (χ4n) is 2.94. The van der Waals surface area contributed by atoms with Crippen molar-refractivity contribution >= 4 is 0 Å². The Kier molecular flexibility index (Phi) is 2.94. The maximum absolute atomic E-state index is 5.84. The van der Waals surface area contributed by atoms with Crippen molar-refractivity contribution in [2.24, 2.45) is 5.73 Å². The van der Waals surface area contributed by atoms with Crippen LogP contribution in [0.25, 0.3) is 11.4 Å². The van der Waals surface area contributed by atoms with Gasteiger partial charge in [0.2, 0.25) is 0 Å². The molecular weight excluding hydrogens is 234 g/mol. The quantitative estimate of drug-likeness (QED) is 0.883. The van der Waals surface area contributed by atoms with E-state index in [2.05, 4.69) is 37.9 Å². The molecule has 3 heteroatoms. The lowest BCUT2D eigenvalue weighted by molar-refractivity contribution is 0.944. The number of nitrogens with two attached hydrogens (primary N) is 1. The zero-order valence-corrected chi connectivity index (χ0v) is 11.9. The summed E-state index contributed by atoms with van der Waals surface area (Å²) in [5.74, 6) is 1.62. The van der Waals surface area contributed by atoms with E-state index in [9.17, 15) is 0 Å². The van der Waals surface area contributed by atoms with E-state index in [1.54, 1.807) is 0 Å². The molecular formula is C16H21N3. The molecule has 0 bridgehead atoms. The fourth-order valence-corrected chi connectivity index (χ4v) is 2.94. The van der Waals surface area contributed by atoms with E-state index in [0.717, 1.165) is 11.5 Å². The molecule has 0 aliphatic heterocycles. The van der Waals surface area contributed by atoms with Gasteiger partial charge >= 0.3 is 0 Å². The summed E-state index contributed by atoms with van der Waals surface area (Å²) in [4.78, 5) is 8.26. The van der Waals surface area contributed by atoms with Crippen molar-refractivity contribution in [2.45, 2.75) is 46.1 Å². The standard InChI is InChI=1S/C16H21N3/c1-9-6-10(2)14(11(3)7-9)16-18-13(8-17)15(19-16)12-4-5-12/h6-7,12H,4-5,8,17H2,1-3H3,(H,18,19). The SMILES string of the molecule is Cc1cc(C)c(-c2nc(C3CC3)c(CN)[nH]2)c(C)c1. The summed E-state index contributed by atoms with van der Waals surface area (Å²) in [5, 5.41) is 0. The fraction of sp³-hybridized carbons (Fsp3) is 0.438. The number of rotatable bonds is 3. The Morgan fingerprint density at radius 2 is 1.84 bits per heavy atom. The highest BCUT2D eigenvalue weighted by Gasteiger charge is 2.29. The number of H-pyrrole nitrogens is 1. The van der Waals surface area contributed by atoms with Crippen LogP contribution in [0.4, 0.5) is 0 Å². The van der Waals surface area contributed by atoms with Crippen LogP contribution in [0.2, 0.25) is 0 Å². The van der Waals surface area contributed by atoms with Crippen LogP contribution >= 0.6 is 0 Å². The van der Waals surface area contributed by atoms with Crippen LogP contribution in [0.15, 0.2) is 12.1 Å². The molecule has 1 aliphatic rings. The number of hydrogen-bond acceptors (Lipinski definition) is 2. The molecule has 1 aliphatic carbocycles. The highest BCUT2D eigenvalue weighted by molar-refractivity contribution is 5.66. The van der Waals surface area contributed by atoms with Gasteiger partial charge in [-0.2, -0.15) is 0 Å². The number of nitrogens with one attached hydrogen (secondary N) is 1. The molecule has 1 aromatic carbocycles. The maximum Gasteiger partial charge on any atom is 0.138 e. The Bertz CT molecular complexity index is 598. The van der Waals surface area contributed by atoms with Crippen molar-refractivity contribution in [1.29, 1.82) is 0 Å². The minimum Gasteiger partial charge on any atom is -0.341 e. The molecule has 1 saturated carbocycles. The molecule has 0 spiro atoms. The van der Waals surface area contributed by atoms with E-state index >= 15 is 0 Å². The highest BCUT2D eigenvalue weighted by Crippen LogP contribution is 2.41. The van der Waals surface area contributed by atoms with Crippen molar-refractivity contribution in [1.82, 2.24) is 9.97 Å². The smallest absolute Gasteiger partial charge is 0.138 e. The molecule has 3 nitrogen and oxygen atoms in total. The lowest BCUT2D eigenvalue weighted by atomic mass is 9.99. The van der Waals surface area contributed by atoms with Gasteiger partial charge in [0, 0.05) is 18.0 Å². The Hall–Kier alpha value is -1.61. The molecule has 0 radical (unpaired) electrons. The summed E-state index contributed by atoms with van der Waals surface area (Å²) in [6, 6.07) is 4.42. The summed E-state index contributed by atoms with van der Waals surface area (Å²) >= 11 is 0. The summed E-state index contributed by atoms with van der Waals surface area (Å²) < 4.78 is 0. The van der Waals surface area contributed by atoms with E-state index in [-0.39, 0.29) is 0 Å². The average Bonchev–Trinajstić information content (AvgIpc) is 3.09. The second-order valence-corrected chi connectivity index (χ2v) is 5.70. The van der Waals surface area contributed by atoms with Gasteiger partial charge in [0.05, 0.1) is 11.4 Å². The van der Waals surface area contributed by atoms with E-state index in [4.69, 9.17) is 10.7 Å². The lowest BCUT2D eigenvalue weighted by Gasteiger charge is -2.08. The average molecular weight is 255 g/mol. The summed E-state index contributed by atoms with van der Waals surface area (Å²) in [6.45, 7) is 6.98. The van der Waals surface area contributed by atoms with E-state index in [1.807, 2.05) is 0 Å². The van der Waals surface area contributed by atoms with Crippen LogP contribution in [-0.2, 0) is 6.54 Å². The van der Waals surface area contributed by atoms with E-state index in [1.165, 1.54) is 40.8 Å². The number of hydrogen-bond donors (Lipinski definition) is 2. The number of imidazole rings is 1. The van der Waals surface area contributed by atoms with Gasteiger partial charge in [-0.1, -0.05) is 17.7 Å². The molecule has 0 unspecified atom stereocenters. The second-order valence-electron chi connectivity index (χ2n) is 5.70. The van der Waals surface area contributed by atoms with Gasteiger partial charge in [-0.05, 0) is 44.7 Å². The van der Waals surface area contributed by atoms with Gasteiger partial charge in [0.15, 0.2) is 0 Å². The third kappa shape index (κ3) is 2.19. The normalized spacial score (nSPS) is 14.9. The number of aryl methyl sites for hydroxylation is 3. The van der Waals surface area contributed by atoms with Crippen LogP contribution in [0.3, 0.4) is 0 Å². The second kappa shape index (κ2) is 4.49. The van der Waals surface area contributed by atoms with Crippen molar-refractivity contribution in [3.63, 3.8) is 0 Å². The zero-order valence-electron chi connectivity index (χ0n) is 11.9. The van der Waals surface area contributed by atoms with Crippen molar-refractivity contribution in [2.75, 3.05) is 0 Å². The Balaban J connectivity index is 2.12. The van der Waals surface area contributed by atoms with Crippen molar-refractivity contribution in [3.05, 3.63) is 40.2 Å². The molecule has 1 aromatic heterocycles. The lowest BCUT2D eigenvalue weighted by Crippen LogP contribution is -2.00. The van der Waals surface area contributed by atoms with Gasteiger partial charge in [0.1, 0.15) is 5.82 Å². The van der Waals surface area contributed by atoms with Gasteiger partial charge in [-0.25, -0.2) is 4.98 Å². The van der Waals surface area contributed by atoms with Gasteiger partial charge in [-0.15, -0.1) is 0 Å². The molecule has 0 saturated heterocycles. The number of aromatic nitrogens is 2. The molecule has 0 amide bonds. The van der Waals surface area contributed by atoms with Gasteiger partial charge in [0.25, 0.3) is 0 Å². The minimum absolute atomic E-state index is 0.544. The Morgan fingerprint density at radius 1 is 1.21 bits per heavy atom. The maximum atomic E-state index is 5.84. The van der Waals surface area contributed by atoms with Crippen LogP contribution in [0, 0.1) is 20.8 Å². The first-order chi connectivity index (χ1) is 9.10. The predicted molar refractivity (Wildman–Crippen MR) is 78.1 cm³/mol. The highest BCUT2D eigenvalue weighted by atomic mass is 15.0. The summed E-state index contributed by atoms with van der Waals surface area (Å²) in [5.41, 5.74) is 13.2. The molecule has 19 heavy (non-hydrogen) atoms. The van der Waals surface area contributed by atoms with Crippen LogP contribution in [-0.4, -0.2) is 9.97 Å². The molecule has 100 valence electrons. The van der Waals surface area contributed by atoms with Gasteiger partial charge < -0.3 is 10.7 Å². The van der Waals surface area contributed by atoms with Crippen LogP contribution in [0.1, 0.15) is 46.8 Å². The number of aromatic amines is 1. The van der Waals surface area contributed by atoms with Crippen molar-refractivity contribution in [3.8, 4) is 11.4 Å². The topological polar surface area (TPSA) is 54.7 Å². The molecule has 2 aromatic rings. The summed E-state index contributed by atoms with van der Waals surface area (Å²) in [7, 11) is 0. The van der Waals surface area contributed by atoms with E-state index in [0.29, 0.717) is 12.5 Å². The first kappa shape index (κ1) is 12.4. The van der Waals surface area contributed by atoms with Crippen molar-refractivity contribution < 1.29 is 0 Å². The first-order valence-electron chi connectivity index (χ1n) is 6.97. The monoisotopic (exact) mass is 255 g/mol. The number of nitrogens with zero attached hydrogens (tertiary/aromatic N) is 1. The molecule has 3 N–H and O–H groups in total. The molecule has 1 fully saturated rings. The molecule has 1 heterocycles. The Labute approximate surface area is 114 Å². The molecule has 0 atom stereocenters. The molecule has 3 rings (SSSR count). The third-order valence-corrected chi connectivity index (χ3v) is 3.89. The zero-order chi connectivity index (χ0) is 13.6. The van der Waals surface area contributed by atoms with Crippen LogP contribution < -0.4 is 5.73 Å². The predicted octanol–water partition coefficient (Wildman–Crippen LogP) is 3.34. The Morgan fingerprint density at radius 3 is 2.37 bits per heavy atom. The number of benzene rings is 1. The summed E-state index contributed by atoms with van der Waals surface area (Å²) in [6.07, 6.45) is 2.51. The first-order valence-corrected chi connectivity index (χ1v) is 6.97. The van der Waals surface area contributed by atoms with Crippen LogP contribution in [0.5, 0.6) is 0 Å².